The number of carbonyl (C=O) groups is 1. The molecule has 0 radical (unpaired) electrons. The highest BCUT2D eigenvalue weighted by atomic mass is 32.2. The molecular formula is C20H26N4O3S. The Bertz CT molecular complexity index is 957. The van der Waals surface area contributed by atoms with Gasteiger partial charge in [0.05, 0.1) is 17.6 Å². The van der Waals surface area contributed by atoms with Crippen molar-refractivity contribution >= 4 is 15.9 Å². The lowest BCUT2D eigenvalue weighted by molar-refractivity contribution is -0.118. The summed E-state index contributed by atoms with van der Waals surface area (Å²) in [6.07, 6.45) is 2.66. The highest BCUT2D eigenvalue weighted by Gasteiger charge is 2.39. The number of carbonyl (C=O) groups excluding carboxylic acids is 1. The Balaban J connectivity index is 1.85. The van der Waals surface area contributed by atoms with Gasteiger partial charge in [-0.3, -0.25) is 4.79 Å². The molecule has 150 valence electrons. The van der Waals surface area contributed by atoms with Crippen LogP contribution >= 0.6 is 0 Å². The number of piperidine rings is 1. The van der Waals surface area contributed by atoms with E-state index in [1.54, 1.807) is 11.6 Å². The van der Waals surface area contributed by atoms with Crippen molar-refractivity contribution in [1.82, 2.24) is 19.4 Å². The molecule has 1 aromatic heterocycles. The van der Waals surface area contributed by atoms with Gasteiger partial charge in [-0.15, -0.1) is 0 Å². The largest absolute Gasteiger partial charge is 0.349 e. The molecule has 2 aromatic rings. The molecule has 3 rings (SSSR count). The number of benzene rings is 1. The molecule has 1 fully saturated rings. The van der Waals surface area contributed by atoms with E-state index in [1.165, 1.54) is 16.6 Å². The number of amides is 1. The first-order chi connectivity index (χ1) is 13.3. The van der Waals surface area contributed by atoms with E-state index in [9.17, 15) is 13.2 Å². The van der Waals surface area contributed by atoms with Crippen LogP contribution in [0.15, 0.2) is 54.1 Å². The Labute approximate surface area is 166 Å². The molecule has 1 aliphatic heterocycles. The van der Waals surface area contributed by atoms with Gasteiger partial charge in [0.2, 0.25) is 15.9 Å². The summed E-state index contributed by atoms with van der Waals surface area (Å²) in [5.41, 5.74) is 1.39. The monoisotopic (exact) mass is 402 g/mol. The quantitative estimate of drug-likeness (QED) is 0.777. The first-order valence-corrected chi connectivity index (χ1v) is 10.7. The topological polar surface area (TPSA) is 84.3 Å². The van der Waals surface area contributed by atoms with E-state index < -0.39 is 10.0 Å². The predicted octanol–water partition coefficient (Wildman–Crippen LogP) is 2.13. The van der Waals surface area contributed by atoms with Crippen LogP contribution in [-0.4, -0.2) is 47.5 Å². The third kappa shape index (κ3) is 3.74. The fourth-order valence-electron chi connectivity index (χ4n) is 3.83. The van der Waals surface area contributed by atoms with Gasteiger partial charge in [-0.2, -0.15) is 9.40 Å². The first kappa shape index (κ1) is 20.3. The number of hydrogen-bond acceptors (Lipinski definition) is 4. The lowest BCUT2D eigenvalue weighted by Crippen LogP contribution is -2.55. The first-order valence-electron chi connectivity index (χ1n) is 9.28. The van der Waals surface area contributed by atoms with Crippen molar-refractivity contribution < 1.29 is 13.2 Å². The number of para-hydroxylation sites is 1. The standard InChI is InChI=1S/C20H26N4O3S/c1-5-19(25)22-20-14(2)12-23(13-15(20)3)28(26,27)18-11-21-24(16(18)4)17-9-7-6-8-10-17/h5-11,14-15,20H,1,12-13H2,2-4H3,(H,22,25). The number of aromatic nitrogens is 2. The van der Waals surface area contributed by atoms with Gasteiger partial charge >= 0.3 is 0 Å². The van der Waals surface area contributed by atoms with Gasteiger partial charge in [-0.25, -0.2) is 13.1 Å². The molecule has 0 aliphatic carbocycles. The van der Waals surface area contributed by atoms with E-state index in [2.05, 4.69) is 17.0 Å². The zero-order valence-corrected chi connectivity index (χ0v) is 17.2. The summed E-state index contributed by atoms with van der Waals surface area (Å²) in [4.78, 5) is 11.9. The Kier molecular flexibility index (Phi) is 5.71. The van der Waals surface area contributed by atoms with Crippen LogP contribution in [0.2, 0.25) is 0 Å². The van der Waals surface area contributed by atoms with Gasteiger partial charge in [-0.1, -0.05) is 38.6 Å². The molecule has 2 heterocycles. The van der Waals surface area contributed by atoms with Gasteiger partial charge in [0.15, 0.2) is 0 Å². The molecule has 0 bridgehead atoms. The van der Waals surface area contributed by atoms with Crippen molar-refractivity contribution in [2.24, 2.45) is 11.8 Å². The average molecular weight is 403 g/mol. The van der Waals surface area contributed by atoms with E-state index in [0.717, 1.165) is 5.69 Å². The minimum absolute atomic E-state index is 0.0214. The fraction of sp³-hybridized carbons (Fsp3) is 0.400. The Morgan fingerprint density at radius 3 is 2.39 bits per heavy atom. The van der Waals surface area contributed by atoms with Crippen LogP contribution in [0.4, 0.5) is 0 Å². The molecule has 2 atom stereocenters. The van der Waals surface area contributed by atoms with Crippen LogP contribution in [0.25, 0.3) is 5.69 Å². The van der Waals surface area contributed by atoms with Crippen molar-refractivity contribution in [3.8, 4) is 5.69 Å². The molecule has 1 aromatic carbocycles. The van der Waals surface area contributed by atoms with Gasteiger partial charge in [-0.05, 0) is 37.0 Å². The van der Waals surface area contributed by atoms with Crippen LogP contribution in [-0.2, 0) is 14.8 Å². The summed E-state index contributed by atoms with van der Waals surface area (Å²) in [5.74, 6) is -0.279. The van der Waals surface area contributed by atoms with Gasteiger partial charge in [0.25, 0.3) is 0 Å². The lowest BCUT2D eigenvalue weighted by atomic mass is 9.87. The van der Waals surface area contributed by atoms with E-state index in [4.69, 9.17) is 0 Å². The molecule has 0 spiro atoms. The van der Waals surface area contributed by atoms with Gasteiger partial charge in [0.1, 0.15) is 4.90 Å². The Morgan fingerprint density at radius 1 is 1.21 bits per heavy atom. The maximum absolute atomic E-state index is 13.3. The number of hydrogen-bond donors (Lipinski definition) is 1. The summed E-state index contributed by atoms with van der Waals surface area (Å²) in [6.45, 7) is 9.82. The predicted molar refractivity (Wildman–Crippen MR) is 108 cm³/mol. The molecule has 1 saturated heterocycles. The van der Waals surface area contributed by atoms with Crippen LogP contribution in [0.1, 0.15) is 19.5 Å². The number of nitrogens with one attached hydrogen (secondary N) is 1. The van der Waals surface area contributed by atoms with Gasteiger partial charge in [0, 0.05) is 19.1 Å². The number of rotatable bonds is 5. The minimum atomic E-state index is -3.69. The third-order valence-corrected chi connectivity index (χ3v) is 7.22. The van der Waals surface area contributed by atoms with E-state index in [-0.39, 0.29) is 28.7 Å². The molecule has 7 nitrogen and oxygen atoms in total. The molecule has 28 heavy (non-hydrogen) atoms. The van der Waals surface area contributed by atoms with Crippen molar-refractivity contribution in [3.05, 3.63) is 54.9 Å². The number of sulfonamides is 1. The van der Waals surface area contributed by atoms with Gasteiger partial charge < -0.3 is 5.32 Å². The van der Waals surface area contributed by atoms with Crippen molar-refractivity contribution in [2.75, 3.05) is 13.1 Å². The van der Waals surface area contributed by atoms with Crippen LogP contribution in [0.3, 0.4) is 0 Å². The second-order valence-corrected chi connectivity index (χ2v) is 9.26. The van der Waals surface area contributed by atoms with E-state index in [0.29, 0.717) is 18.8 Å². The molecule has 1 amide bonds. The van der Waals surface area contributed by atoms with Crippen LogP contribution in [0.5, 0.6) is 0 Å². The normalized spacial score (nSPS) is 23.3. The fourth-order valence-corrected chi connectivity index (χ4v) is 5.61. The zero-order valence-electron chi connectivity index (χ0n) is 16.4. The number of nitrogens with zero attached hydrogens (tertiary/aromatic N) is 3. The Morgan fingerprint density at radius 2 is 1.82 bits per heavy atom. The molecule has 2 unspecified atom stereocenters. The zero-order chi connectivity index (χ0) is 20.5. The van der Waals surface area contributed by atoms with Crippen LogP contribution < -0.4 is 5.32 Å². The van der Waals surface area contributed by atoms with E-state index in [1.807, 2.05) is 44.2 Å². The summed E-state index contributed by atoms with van der Waals surface area (Å²) >= 11 is 0. The molecular weight excluding hydrogens is 376 g/mol. The molecule has 1 N–H and O–H groups in total. The molecule has 8 heteroatoms. The maximum Gasteiger partial charge on any atom is 0.246 e. The smallest absolute Gasteiger partial charge is 0.246 e. The molecule has 0 saturated carbocycles. The molecule has 1 aliphatic rings. The minimum Gasteiger partial charge on any atom is -0.349 e. The van der Waals surface area contributed by atoms with Crippen molar-refractivity contribution in [2.45, 2.75) is 31.7 Å². The summed E-state index contributed by atoms with van der Waals surface area (Å²) in [7, 11) is -3.69. The van der Waals surface area contributed by atoms with Crippen LogP contribution in [0, 0.1) is 18.8 Å². The SMILES string of the molecule is C=CC(=O)NC1C(C)CN(S(=O)(=O)c2cnn(-c3ccccc3)c2C)CC1C. The van der Waals surface area contributed by atoms with Crippen molar-refractivity contribution in [3.63, 3.8) is 0 Å². The third-order valence-electron chi connectivity index (χ3n) is 5.29. The Hall–Kier alpha value is -2.45. The summed E-state index contributed by atoms with van der Waals surface area (Å²) in [6, 6.07) is 9.35. The summed E-state index contributed by atoms with van der Waals surface area (Å²) < 4.78 is 29.7. The maximum atomic E-state index is 13.3. The highest BCUT2D eigenvalue weighted by molar-refractivity contribution is 7.89. The van der Waals surface area contributed by atoms with E-state index >= 15 is 0 Å². The second kappa shape index (κ2) is 7.89. The summed E-state index contributed by atoms with van der Waals surface area (Å²) in [5, 5.41) is 7.22. The lowest BCUT2D eigenvalue weighted by Gasteiger charge is -2.40. The van der Waals surface area contributed by atoms with Crippen molar-refractivity contribution in [1.29, 1.82) is 0 Å². The highest BCUT2D eigenvalue weighted by Crippen LogP contribution is 2.29. The second-order valence-electron chi connectivity index (χ2n) is 7.36. The average Bonchev–Trinajstić information content (AvgIpc) is 3.07.